The summed E-state index contributed by atoms with van der Waals surface area (Å²) >= 11 is 0. The second kappa shape index (κ2) is 10.2. The van der Waals surface area contributed by atoms with Gasteiger partial charge in [-0.15, -0.1) is 0 Å². The first-order chi connectivity index (χ1) is 12.6. The molecular weight excluding hydrogens is 326 g/mol. The molecule has 0 radical (unpaired) electrons. The van der Waals surface area contributed by atoms with Crippen molar-refractivity contribution >= 4 is 5.91 Å². The van der Waals surface area contributed by atoms with Gasteiger partial charge in [0, 0.05) is 13.1 Å². The predicted octanol–water partition coefficient (Wildman–Crippen LogP) is 2.88. The van der Waals surface area contributed by atoms with Gasteiger partial charge in [0.2, 0.25) is 5.91 Å². The zero-order chi connectivity index (χ0) is 18.8. The first-order valence-electron chi connectivity index (χ1n) is 8.70. The topological polar surface area (TPSA) is 65.4 Å². The molecule has 0 atom stereocenters. The average molecular weight is 351 g/mol. The Balaban J connectivity index is 1.62. The Morgan fingerprint density at radius 1 is 1.23 bits per heavy atom. The molecule has 1 amide bonds. The minimum Gasteiger partial charge on any atom is -0.494 e. The van der Waals surface area contributed by atoms with Crippen LogP contribution >= 0.6 is 0 Å². The molecule has 0 unspecified atom stereocenters. The molecule has 5 nitrogen and oxygen atoms in total. The molecule has 2 aromatic carbocycles. The summed E-state index contributed by atoms with van der Waals surface area (Å²) in [6.45, 7) is 4.12. The Kier molecular flexibility index (Phi) is 7.66. The summed E-state index contributed by atoms with van der Waals surface area (Å²) in [5.74, 6) is 0.843. The van der Waals surface area contributed by atoms with Crippen LogP contribution < -0.4 is 10.1 Å². The van der Waals surface area contributed by atoms with Gasteiger partial charge in [-0.3, -0.25) is 9.69 Å². The highest BCUT2D eigenvalue weighted by atomic mass is 16.5. The number of hydrogen-bond donors (Lipinski definition) is 1. The van der Waals surface area contributed by atoms with Crippen LogP contribution in [0.2, 0.25) is 0 Å². The standard InChI is InChI=1S/C21H25N3O2/c1-17-6-3-9-20(12-17)26-11-5-10-23-21(25)16-24(2)15-19-8-4-7-18(13-19)14-22/h3-4,6-9,12-13H,5,10-11,15-16H2,1-2H3,(H,23,25). The van der Waals surface area contributed by atoms with Crippen molar-refractivity contribution in [2.75, 3.05) is 26.7 Å². The summed E-state index contributed by atoms with van der Waals surface area (Å²) in [4.78, 5) is 13.9. The van der Waals surface area contributed by atoms with E-state index in [1.165, 1.54) is 5.56 Å². The lowest BCUT2D eigenvalue weighted by molar-refractivity contribution is -0.122. The summed E-state index contributed by atoms with van der Waals surface area (Å²) in [5, 5.41) is 11.8. The highest BCUT2D eigenvalue weighted by molar-refractivity contribution is 5.77. The predicted molar refractivity (Wildman–Crippen MR) is 102 cm³/mol. The molecule has 0 aromatic heterocycles. The van der Waals surface area contributed by atoms with Crippen molar-refractivity contribution in [3.63, 3.8) is 0 Å². The van der Waals surface area contributed by atoms with E-state index in [9.17, 15) is 4.79 Å². The van der Waals surface area contributed by atoms with Gasteiger partial charge in [0.25, 0.3) is 0 Å². The number of rotatable bonds is 9. The van der Waals surface area contributed by atoms with Crippen LogP contribution in [0.3, 0.4) is 0 Å². The largest absolute Gasteiger partial charge is 0.494 e. The monoisotopic (exact) mass is 351 g/mol. The lowest BCUT2D eigenvalue weighted by Gasteiger charge is -2.16. The van der Waals surface area contributed by atoms with Gasteiger partial charge in [-0.2, -0.15) is 5.26 Å². The summed E-state index contributed by atoms with van der Waals surface area (Å²) in [7, 11) is 1.89. The van der Waals surface area contributed by atoms with Gasteiger partial charge in [-0.1, -0.05) is 24.3 Å². The summed E-state index contributed by atoms with van der Waals surface area (Å²) in [5.41, 5.74) is 2.82. The van der Waals surface area contributed by atoms with E-state index < -0.39 is 0 Å². The third-order valence-electron chi connectivity index (χ3n) is 3.82. The van der Waals surface area contributed by atoms with Crippen LogP contribution in [0.4, 0.5) is 0 Å². The normalized spacial score (nSPS) is 10.4. The number of nitriles is 1. The van der Waals surface area contributed by atoms with Crippen molar-refractivity contribution in [3.05, 3.63) is 65.2 Å². The maximum atomic E-state index is 12.0. The van der Waals surface area contributed by atoms with Gasteiger partial charge in [0.1, 0.15) is 5.75 Å². The maximum Gasteiger partial charge on any atom is 0.234 e. The van der Waals surface area contributed by atoms with E-state index in [2.05, 4.69) is 11.4 Å². The van der Waals surface area contributed by atoms with Gasteiger partial charge in [-0.05, 0) is 55.8 Å². The third kappa shape index (κ3) is 6.96. The van der Waals surface area contributed by atoms with Crippen LogP contribution in [0.5, 0.6) is 5.75 Å². The van der Waals surface area contributed by atoms with Crippen LogP contribution in [0, 0.1) is 18.3 Å². The summed E-state index contributed by atoms with van der Waals surface area (Å²) in [6.07, 6.45) is 0.758. The molecule has 0 bridgehead atoms. The molecule has 1 N–H and O–H groups in total. The fourth-order valence-corrected chi connectivity index (χ4v) is 2.60. The Labute approximate surface area is 155 Å². The molecule has 5 heteroatoms. The van der Waals surface area contributed by atoms with E-state index in [1.54, 1.807) is 6.07 Å². The molecule has 0 saturated heterocycles. The fourth-order valence-electron chi connectivity index (χ4n) is 2.60. The number of likely N-dealkylation sites (N-methyl/N-ethyl adjacent to an activating group) is 1. The van der Waals surface area contributed by atoms with Crippen LogP contribution in [0.1, 0.15) is 23.1 Å². The highest BCUT2D eigenvalue weighted by Gasteiger charge is 2.07. The maximum absolute atomic E-state index is 12.0. The van der Waals surface area contributed by atoms with Crippen LogP contribution in [-0.4, -0.2) is 37.6 Å². The van der Waals surface area contributed by atoms with Crippen LogP contribution in [-0.2, 0) is 11.3 Å². The van der Waals surface area contributed by atoms with Gasteiger partial charge >= 0.3 is 0 Å². The van der Waals surface area contributed by atoms with Crippen molar-refractivity contribution in [1.82, 2.24) is 10.2 Å². The lowest BCUT2D eigenvalue weighted by atomic mass is 10.1. The Bertz CT molecular complexity index is 768. The van der Waals surface area contributed by atoms with Gasteiger partial charge in [0.05, 0.1) is 24.8 Å². The zero-order valence-electron chi connectivity index (χ0n) is 15.4. The van der Waals surface area contributed by atoms with Gasteiger partial charge in [0.15, 0.2) is 0 Å². The molecule has 0 saturated carbocycles. The number of nitrogens with zero attached hydrogens (tertiary/aromatic N) is 2. The molecule has 2 rings (SSSR count). The molecule has 26 heavy (non-hydrogen) atoms. The molecule has 0 aliphatic rings. The number of hydrogen-bond acceptors (Lipinski definition) is 4. The van der Waals surface area contributed by atoms with E-state index in [0.29, 0.717) is 31.8 Å². The number of ether oxygens (including phenoxy) is 1. The van der Waals surface area contributed by atoms with E-state index >= 15 is 0 Å². The smallest absolute Gasteiger partial charge is 0.234 e. The lowest BCUT2D eigenvalue weighted by Crippen LogP contribution is -2.35. The minimum absolute atomic E-state index is 0.0144. The first-order valence-corrected chi connectivity index (χ1v) is 8.70. The van der Waals surface area contributed by atoms with E-state index in [0.717, 1.165) is 17.7 Å². The molecule has 0 spiro atoms. The Morgan fingerprint density at radius 3 is 2.81 bits per heavy atom. The quantitative estimate of drug-likeness (QED) is 0.706. The Hall–Kier alpha value is -2.84. The first kappa shape index (κ1) is 19.5. The van der Waals surface area contributed by atoms with Crippen molar-refractivity contribution in [3.8, 4) is 11.8 Å². The second-order valence-electron chi connectivity index (χ2n) is 6.35. The summed E-state index contributed by atoms with van der Waals surface area (Å²) in [6, 6.07) is 17.5. The van der Waals surface area contributed by atoms with Crippen molar-refractivity contribution in [2.45, 2.75) is 19.9 Å². The van der Waals surface area contributed by atoms with Crippen LogP contribution in [0.25, 0.3) is 0 Å². The molecular formula is C21H25N3O2. The second-order valence-corrected chi connectivity index (χ2v) is 6.35. The molecule has 0 fully saturated rings. The Morgan fingerprint density at radius 2 is 2.04 bits per heavy atom. The van der Waals surface area contributed by atoms with Gasteiger partial charge in [-0.25, -0.2) is 0 Å². The van der Waals surface area contributed by atoms with E-state index in [1.807, 2.05) is 61.3 Å². The number of nitrogens with one attached hydrogen (secondary N) is 1. The molecule has 0 aliphatic heterocycles. The molecule has 2 aromatic rings. The van der Waals surface area contributed by atoms with Gasteiger partial charge < -0.3 is 10.1 Å². The van der Waals surface area contributed by atoms with Crippen LogP contribution in [0.15, 0.2) is 48.5 Å². The van der Waals surface area contributed by atoms with Crippen molar-refractivity contribution in [2.24, 2.45) is 0 Å². The summed E-state index contributed by atoms with van der Waals surface area (Å²) < 4.78 is 5.66. The van der Waals surface area contributed by atoms with E-state index in [4.69, 9.17) is 10.00 Å². The molecule has 136 valence electrons. The highest BCUT2D eigenvalue weighted by Crippen LogP contribution is 2.12. The number of carbonyl (C=O) groups is 1. The third-order valence-corrected chi connectivity index (χ3v) is 3.82. The fraction of sp³-hybridized carbons (Fsp3) is 0.333. The molecule has 0 aliphatic carbocycles. The number of amides is 1. The number of benzene rings is 2. The van der Waals surface area contributed by atoms with Crippen molar-refractivity contribution < 1.29 is 9.53 Å². The van der Waals surface area contributed by atoms with Crippen molar-refractivity contribution in [1.29, 1.82) is 5.26 Å². The van der Waals surface area contributed by atoms with E-state index in [-0.39, 0.29) is 5.91 Å². The number of aryl methyl sites for hydroxylation is 1. The number of carbonyl (C=O) groups excluding carboxylic acids is 1. The SMILES string of the molecule is Cc1cccc(OCCCNC(=O)CN(C)Cc2cccc(C#N)c2)c1. The molecule has 0 heterocycles. The average Bonchev–Trinajstić information content (AvgIpc) is 2.61. The zero-order valence-corrected chi connectivity index (χ0v) is 15.4. The minimum atomic E-state index is -0.0144.